The van der Waals surface area contributed by atoms with Crippen LogP contribution in [-0.4, -0.2) is 65.7 Å². The molecule has 3 N–H and O–H groups in total. The minimum Gasteiger partial charge on any atom is -0.872 e. The number of para-hydroxylation sites is 1. The number of likely N-dealkylation sites (N-methyl/N-ethyl adjacent to an activating group) is 1. The number of rotatable bonds is 21. The molecule has 0 radical (unpaired) electrons. The fraction of sp³-hybridized carbons (Fsp3) is 0.700. The van der Waals surface area contributed by atoms with Crippen LogP contribution in [0, 0.1) is 0 Å². The van der Waals surface area contributed by atoms with E-state index in [4.69, 9.17) is 15.3 Å². The van der Waals surface area contributed by atoms with Gasteiger partial charge < -0.3 is 24.9 Å². The summed E-state index contributed by atoms with van der Waals surface area (Å²) in [6, 6.07) is 5.54. The number of carboxylic acids is 1. The molecule has 0 spiro atoms. The lowest BCUT2D eigenvalue weighted by molar-refractivity contribution is -0.910. The molecule has 0 atom stereocenters. The molecular weight excluding hydrogens is 454 g/mol. The quantitative estimate of drug-likeness (QED) is 0.109. The highest BCUT2D eigenvalue weighted by molar-refractivity contribution is 5.90. The Bertz CT molecular complexity index is 671. The monoisotopic (exact) mass is 507 g/mol. The van der Waals surface area contributed by atoms with E-state index in [2.05, 4.69) is 26.1 Å². The molecule has 0 bridgehead atoms. The first-order valence-electron chi connectivity index (χ1n) is 14.1. The highest BCUT2D eigenvalue weighted by Crippen LogP contribution is 2.12. The summed E-state index contributed by atoms with van der Waals surface area (Å²) in [7, 11) is 2.14. The van der Waals surface area contributed by atoms with Gasteiger partial charge in [0.1, 0.15) is 13.1 Å². The largest absolute Gasteiger partial charge is 0.872 e. The van der Waals surface area contributed by atoms with Gasteiger partial charge in [0, 0.05) is 0 Å². The Morgan fingerprint density at radius 3 is 1.69 bits per heavy atom. The van der Waals surface area contributed by atoms with Crippen LogP contribution in [0.15, 0.2) is 36.4 Å². The summed E-state index contributed by atoms with van der Waals surface area (Å²) >= 11 is 0. The molecule has 0 saturated carbocycles. The average molecular weight is 508 g/mol. The first kappa shape index (κ1) is 34.1. The summed E-state index contributed by atoms with van der Waals surface area (Å²) in [5, 5.41) is 37.4. The lowest BCUT2D eigenvalue weighted by atomic mass is 10.1. The third kappa shape index (κ3) is 19.3. The minimum absolute atomic E-state index is 0.178. The van der Waals surface area contributed by atoms with Gasteiger partial charge in [-0.25, -0.2) is 4.79 Å². The number of nitrogens with zero attached hydrogens (tertiary/aromatic N) is 1. The average Bonchev–Trinajstić information content (AvgIpc) is 2.84. The molecule has 0 aliphatic rings. The minimum atomic E-state index is -1.18. The van der Waals surface area contributed by atoms with E-state index >= 15 is 0 Å². The zero-order valence-electron chi connectivity index (χ0n) is 23.0. The second kappa shape index (κ2) is 23.5. The van der Waals surface area contributed by atoms with E-state index in [1.54, 1.807) is 0 Å². The standard InChI is InChI=1S/C23H48NO2.C7H6O3/c1-3-4-5-6-7-8-9-10-11-12-13-14-15-16-17-18-19-24(2,20-22-25)21-23-26;8-6-4-2-1-3-5(6)7(9)10/h10-11,25-26H,3-9,12-23H2,1-2H3;1-4,8H,(H,9,10)/q+1;/p-1/b11-10-;. The maximum Gasteiger partial charge on any atom is 0.335 e. The summed E-state index contributed by atoms with van der Waals surface area (Å²) in [5.74, 6) is -1.62. The van der Waals surface area contributed by atoms with Crippen molar-refractivity contribution in [3.05, 3.63) is 42.0 Å². The van der Waals surface area contributed by atoms with Crippen molar-refractivity contribution in [2.45, 2.75) is 96.8 Å². The van der Waals surface area contributed by atoms with Crippen LogP contribution in [0.2, 0.25) is 0 Å². The molecule has 208 valence electrons. The third-order valence-corrected chi connectivity index (χ3v) is 6.61. The lowest BCUT2D eigenvalue weighted by Gasteiger charge is -2.33. The SMILES string of the molecule is CCCCCCCC/C=C\CCCCCCCC[N+](C)(CCO)CCO.O=C(O)c1ccccc1[O-]. The number of carboxylic acid groups (broad SMARTS) is 1. The molecule has 6 nitrogen and oxygen atoms in total. The summed E-state index contributed by atoms with van der Waals surface area (Å²) in [6.07, 6.45) is 23.5. The van der Waals surface area contributed by atoms with Crippen molar-refractivity contribution < 1.29 is 29.7 Å². The maximum atomic E-state index is 10.7. The number of allylic oxidation sites excluding steroid dienone is 2. The predicted octanol–water partition coefficient (Wildman–Crippen LogP) is 5.91. The molecule has 6 heteroatoms. The van der Waals surface area contributed by atoms with Crippen molar-refractivity contribution in [2.75, 3.05) is 39.9 Å². The van der Waals surface area contributed by atoms with Gasteiger partial charge in [-0.15, -0.1) is 0 Å². The fourth-order valence-corrected chi connectivity index (χ4v) is 4.20. The highest BCUT2D eigenvalue weighted by Gasteiger charge is 2.19. The van der Waals surface area contributed by atoms with Crippen molar-refractivity contribution in [2.24, 2.45) is 0 Å². The molecule has 0 saturated heterocycles. The molecule has 36 heavy (non-hydrogen) atoms. The number of carbonyl (C=O) groups is 1. The second-order valence-corrected chi connectivity index (χ2v) is 9.98. The van der Waals surface area contributed by atoms with E-state index in [0.717, 1.165) is 24.1 Å². The summed E-state index contributed by atoms with van der Waals surface area (Å²) < 4.78 is 0.802. The normalized spacial score (nSPS) is 11.4. The Labute approximate surface area is 220 Å². The van der Waals surface area contributed by atoms with Crippen molar-refractivity contribution in [1.82, 2.24) is 0 Å². The molecule has 1 rings (SSSR count). The molecule has 0 fully saturated rings. The third-order valence-electron chi connectivity index (χ3n) is 6.61. The van der Waals surface area contributed by atoms with Crippen LogP contribution in [0.1, 0.15) is 107 Å². The Morgan fingerprint density at radius 1 is 0.778 bits per heavy atom. The van der Waals surface area contributed by atoms with Crippen LogP contribution in [0.25, 0.3) is 0 Å². The Kier molecular flexibility index (Phi) is 22.3. The highest BCUT2D eigenvalue weighted by atomic mass is 16.4. The zero-order chi connectivity index (χ0) is 26.9. The number of aliphatic hydroxyl groups excluding tert-OH is 2. The van der Waals surface area contributed by atoms with Gasteiger partial charge in [-0.2, -0.15) is 0 Å². The van der Waals surface area contributed by atoms with Gasteiger partial charge in [0.25, 0.3) is 0 Å². The molecular formula is C30H53NO5. The molecule has 0 unspecified atom stereocenters. The maximum absolute atomic E-state index is 10.7. The first-order chi connectivity index (χ1) is 17.4. The number of aliphatic hydroxyl groups is 2. The second-order valence-electron chi connectivity index (χ2n) is 9.98. The van der Waals surface area contributed by atoms with Crippen molar-refractivity contribution in [3.63, 3.8) is 0 Å². The van der Waals surface area contributed by atoms with Crippen molar-refractivity contribution in [1.29, 1.82) is 0 Å². The van der Waals surface area contributed by atoms with Gasteiger partial charge >= 0.3 is 5.97 Å². The summed E-state index contributed by atoms with van der Waals surface area (Å²) in [6.45, 7) is 5.28. The lowest BCUT2D eigenvalue weighted by Crippen LogP contribution is -2.48. The van der Waals surface area contributed by atoms with E-state index in [1.807, 2.05) is 0 Å². The van der Waals surface area contributed by atoms with E-state index in [1.165, 1.54) is 114 Å². The molecule has 0 aliphatic heterocycles. The van der Waals surface area contributed by atoms with Crippen LogP contribution in [-0.2, 0) is 0 Å². The van der Waals surface area contributed by atoms with Crippen LogP contribution in [0.4, 0.5) is 0 Å². The summed E-state index contributed by atoms with van der Waals surface area (Å²) in [5.41, 5.74) is -0.178. The van der Waals surface area contributed by atoms with Crippen LogP contribution in [0.3, 0.4) is 0 Å². The number of aromatic carboxylic acids is 1. The first-order valence-corrected chi connectivity index (χ1v) is 14.1. The fourth-order valence-electron chi connectivity index (χ4n) is 4.20. The Balaban J connectivity index is 0.00000101. The molecule has 0 aliphatic carbocycles. The smallest absolute Gasteiger partial charge is 0.335 e. The Morgan fingerprint density at radius 2 is 1.25 bits per heavy atom. The van der Waals surface area contributed by atoms with Gasteiger partial charge in [0.2, 0.25) is 0 Å². The Hall–Kier alpha value is -1.89. The van der Waals surface area contributed by atoms with Gasteiger partial charge in [-0.05, 0) is 44.6 Å². The van der Waals surface area contributed by atoms with E-state index in [0.29, 0.717) is 0 Å². The number of unbranched alkanes of at least 4 members (excludes halogenated alkanes) is 12. The zero-order valence-corrected chi connectivity index (χ0v) is 23.0. The van der Waals surface area contributed by atoms with Gasteiger partial charge in [0.05, 0.1) is 32.4 Å². The van der Waals surface area contributed by atoms with E-state index in [-0.39, 0.29) is 18.8 Å². The number of quaternary nitrogens is 1. The van der Waals surface area contributed by atoms with E-state index in [9.17, 15) is 9.90 Å². The van der Waals surface area contributed by atoms with Crippen molar-refractivity contribution >= 4 is 5.97 Å². The van der Waals surface area contributed by atoms with Crippen LogP contribution < -0.4 is 5.11 Å². The predicted molar refractivity (Wildman–Crippen MR) is 147 cm³/mol. The van der Waals surface area contributed by atoms with Crippen LogP contribution in [0.5, 0.6) is 5.75 Å². The molecule has 0 amide bonds. The number of hydrogen-bond donors (Lipinski definition) is 3. The van der Waals surface area contributed by atoms with Crippen molar-refractivity contribution in [3.8, 4) is 5.75 Å². The van der Waals surface area contributed by atoms with Crippen LogP contribution >= 0.6 is 0 Å². The number of hydrogen-bond acceptors (Lipinski definition) is 4. The molecule has 0 heterocycles. The summed E-state index contributed by atoms with van der Waals surface area (Å²) in [4.78, 5) is 10.2. The molecule has 0 aromatic heterocycles. The molecule has 1 aromatic carbocycles. The van der Waals surface area contributed by atoms with Gasteiger partial charge in [-0.3, -0.25) is 0 Å². The van der Waals surface area contributed by atoms with Gasteiger partial charge in [-0.1, -0.05) is 94.4 Å². The molecule has 1 aromatic rings. The van der Waals surface area contributed by atoms with Gasteiger partial charge in [0.15, 0.2) is 0 Å². The topological polar surface area (TPSA) is 101 Å². The number of benzene rings is 1. The van der Waals surface area contributed by atoms with E-state index < -0.39 is 11.7 Å².